The summed E-state index contributed by atoms with van der Waals surface area (Å²) in [6.45, 7) is 3.91. The van der Waals surface area contributed by atoms with Crippen molar-refractivity contribution in [3.63, 3.8) is 0 Å². The number of nitrogens with zero attached hydrogens (tertiary/aromatic N) is 2. The zero-order chi connectivity index (χ0) is 11.6. The Bertz CT molecular complexity index is 373. The van der Waals surface area contributed by atoms with Gasteiger partial charge in [0.25, 0.3) is 5.69 Å². The molecule has 82 valence electrons. The lowest BCUT2D eigenvalue weighted by Gasteiger charge is -2.14. The maximum absolute atomic E-state index is 10.9. The second kappa shape index (κ2) is 4.29. The van der Waals surface area contributed by atoms with Crippen molar-refractivity contribution in [2.75, 3.05) is 19.0 Å². The molecule has 0 aliphatic rings. The van der Waals surface area contributed by atoms with Gasteiger partial charge in [-0.05, 0) is 18.1 Å². The van der Waals surface area contributed by atoms with Crippen molar-refractivity contribution in [1.29, 1.82) is 0 Å². The largest absolute Gasteiger partial charge is 0.377 e. The SMILES string of the molecule is CC(C)c1ccc(N(C)C)cc1[N+](=O)[O-]. The maximum Gasteiger partial charge on any atom is 0.274 e. The predicted octanol–water partition coefficient (Wildman–Crippen LogP) is 2.78. The van der Waals surface area contributed by atoms with Gasteiger partial charge in [0.2, 0.25) is 0 Å². The first-order chi connectivity index (χ1) is 6.93. The van der Waals surface area contributed by atoms with Crippen LogP contribution in [0.5, 0.6) is 0 Å². The molecule has 0 unspecified atom stereocenters. The van der Waals surface area contributed by atoms with Crippen LogP contribution in [0.2, 0.25) is 0 Å². The first-order valence-corrected chi connectivity index (χ1v) is 4.89. The maximum atomic E-state index is 10.9. The fourth-order valence-electron chi connectivity index (χ4n) is 1.46. The van der Waals surface area contributed by atoms with Gasteiger partial charge in [0.05, 0.1) is 4.92 Å². The Morgan fingerprint density at radius 2 is 1.93 bits per heavy atom. The van der Waals surface area contributed by atoms with Crippen LogP contribution in [0.4, 0.5) is 11.4 Å². The normalized spacial score (nSPS) is 10.5. The van der Waals surface area contributed by atoms with E-state index in [0.29, 0.717) is 0 Å². The molecular weight excluding hydrogens is 192 g/mol. The minimum atomic E-state index is -0.317. The van der Waals surface area contributed by atoms with Gasteiger partial charge in [0, 0.05) is 31.4 Å². The third kappa shape index (κ3) is 2.46. The molecule has 0 bridgehead atoms. The summed E-state index contributed by atoms with van der Waals surface area (Å²) in [5.74, 6) is 0.168. The van der Waals surface area contributed by atoms with E-state index in [1.165, 1.54) is 0 Å². The van der Waals surface area contributed by atoms with Crippen LogP contribution in [-0.4, -0.2) is 19.0 Å². The molecule has 0 radical (unpaired) electrons. The van der Waals surface area contributed by atoms with Crippen LogP contribution in [0.3, 0.4) is 0 Å². The number of rotatable bonds is 3. The van der Waals surface area contributed by atoms with E-state index < -0.39 is 0 Å². The highest BCUT2D eigenvalue weighted by molar-refractivity contribution is 5.56. The molecule has 0 fully saturated rings. The second-order valence-electron chi connectivity index (χ2n) is 4.05. The highest BCUT2D eigenvalue weighted by Gasteiger charge is 2.17. The highest BCUT2D eigenvalue weighted by Crippen LogP contribution is 2.29. The minimum Gasteiger partial charge on any atom is -0.377 e. The number of nitro groups is 1. The smallest absolute Gasteiger partial charge is 0.274 e. The van der Waals surface area contributed by atoms with E-state index in [-0.39, 0.29) is 16.5 Å². The van der Waals surface area contributed by atoms with Crippen LogP contribution in [-0.2, 0) is 0 Å². The molecule has 15 heavy (non-hydrogen) atoms. The summed E-state index contributed by atoms with van der Waals surface area (Å²) < 4.78 is 0. The summed E-state index contributed by atoms with van der Waals surface area (Å²) in [7, 11) is 3.74. The molecule has 0 saturated heterocycles. The number of hydrogen-bond donors (Lipinski definition) is 0. The van der Waals surface area contributed by atoms with E-state index in [9.17, 15) is 10.1 Å². The van der Waals surface area contributed by atoms with Crippen LogP contribution in [0, 0.1) is 10.1 Å². The highest BCUT2D eigenvalue weighted by atomic mass is 16.6. The van der Waals surface area contributed by atoms with Crippen LogP contribution >= 0.6 is 0 Å². The van der Waals surface area contributed by atoms with E-state index in [2.05, 4.69) is 0 Å². The Hall–Kier alpha value is -1.58. The van der Waals surface area contributed by atoms with Crippen molar-refractivity contribution < 1.29 is 4.92 Å². The average Bonchev–Trinajstić information content (AvgIpc) is 2.16. The van der Waals surface area contributed by atoms with Crippen LogP contribution in [0.15, 0.2) is 18.2 Å². The van der Waals surface area contributed by atoms with Gasteiger partial charge in [-0.3, -0.25) is 10.1 Å². The summed E-state index contributed by atoms with van der Waals surface area (Å²) in [6, 6.07) is 5.36. The summed E-state index contributed by atoms with van der Waals surface area (Å²) in [5.41, 5.74) is 1.84. The Morgan fingerprint density at radius 1 is 1.33 bits per heavy atom. The third-order valence-corrected chi connectivity index (χ3v) is 2.35. The molecule has 1 rings (SSSR count). The number of nitro benzene ring substituents is 1. The van der Waals surface area contributed by atoms with Crippen molar-refractivity contribution in [2.24, 2.45) is 0 Å². The average molecular weight is 208 g/mol. The Labute approximate surface area is 89.7 Å². The lowest BCUT2D eigenvalue weighted by atomic mass is 10.0. The summed E-state index contributed by atoms with van der Waals surface area (Å²) in [6.07, 6.45) is 0. The minimum absolute atomic E-state index is 0.168. The first kappa shape index (κ1) is 11.5. The van der Waals surface area contributed by atoms with Gasteiger partial charge in [-0.15, -0.1) is 0 Å². The molecule has 4 heteroatoms. The zero-order valence-electron chi connectivity index (χ0n) is 9.52. The molecule has 0 aliphatic carbocycles. The van der Waals surface area contributed by atoms with Gasteiger partial charge >= 0.3 is 0 Å². The van der Waals surface area contributed by atoms with E-state index >= 15 is 0 Å². The third-order valence-electron chi connectivity index (χ3n) is 2.35. The van der Waals surface area contributed by atoms with Gasteiger partial charge in [0.1, 0.15) is 0 Å². The van der Waals surface area contributed by atoms with Crippen molar-refractivity contribution >= 4 is 11.4 Å². The lowest BCUT2D eigenvalue weighted by molar-refractivity contribution is -0.385. The number of hydrogen-bond acceptors (Lipinski definition) is 3. The lowest BCUT2D eigenvalue weighted by Crippen LogP contribution is -2.09. The second-order valence-corrected chi connectivity index (χ2v) is 4.05. The standard InChI is InChI=1S/C11H16N2O2/c1-8(2)10-6-5-9(12(3)4)7-11(10)13(14)15/h5-8H,1-4H3. The Morgan fingerprint density at radius 3 is 2.33 bits per heavy atom. The van der Waals surface area contributed by atoms with Gasteiger partial charge in [-0.25, -0.2) is 0 Å². The Balaban J connectivity index is 3.27. The molecule has 0 aromatic heterocycles. The molecule has 4 nitrogen and oxygen atoms in total. The van der Waals surface area contributed by atoms with Crippen molar-refractivity contribution in [2.45, 2.75) is 19.8 Å². The molecular formula is C11H16N2O2. The molecule has 0 saturated carbocycles. The predicted molar refractivity (Wildman–Crippen MR) is 61.5 cm³/mol. The van der Waals surface area contributed by atoms with Gasteiger partial charge in [-0.2, -0.15) is 0 Å². The molecule has 1 aromatic rings. The van der Waals surface area contributed by atoms with Crippen molar-refractivity contribution in [1.82, 2.24) is 0 Å². The molecule has 0 aliphatic heterocycles. The molecule has 0 spiro atoms. The fourth-order valence-corrected chi connectivity index (χ4v) is 1.46. The molecule has 0 atom stereocenters. The molecule has 0 N–H and O–H groups in total. The van der Waals surface area contributed by atoms with E-state index in [0.717, 1.165) is 11.3 Å². The number of benzene rings is 1. The first-order valence-electron chi connectivity index (χ1n) is 4.89. The van der Waals surface area contributed by atoms with Crippen molar-refractivity contribution in [3.8, 4) is 0 Å². The van der Waals surface area contributed by atoms with Crippen LogP contribution < -0.4 is 4.90 Å². The van der Waals surface area contributed by atoms with E-state index in [4.69, 9.17) is 0 Å². The molecule has 0 amide bonds. The topological polar surface area (TPSA) is 46.4 Å². The molecule has 1 aromatic carbocycles. The van der Waals surface area contributed by atoms with Crippen LogP contribution in [0.1, 0.15) is 25.3 Å². The zero-order valence-corrected chi connectivity index (χ0v) is 9.52. The Kier molecular flexibility index (Phi) is 3.29. The summed E-state index contributed by atoms with van der Waals surface area (Å²) in [5, 5.41) is 10.9. The molecule has 0 heterocycles. The summed E-state index contributed by atoms with van der Waals surface area (Å²) in [4.78, 5) is 12.4. The van der Waals surface area contributed by atoms with E-state index in [1.807, 2.05) is 45.0 Å². The van der Waals surface area contributed by atoms with Crippen LogP contribution in [0.25, 0.3) is 0 Å². The quantitative estimate of drug-likeness (QED) is 0.566. The monoisotopic (exact) mass is 208 g/mol. The van der Waals surface area contributed by atoms with Gasteiger partial charge < -0.3 is 4.90 Å². The summed E-state index contributed by atoms with van der Waals surface area (Å²) >= 11 is 0. The number of anilines is 1. The van der Waals surface area contributed by atoms with Crippen molar-refractivity contribution in [3.05, 3.63) is 33.9 Å². The van der Waals surface area contributed by atoms with Gasteiger partial charge in [0.15, 0.2) is 0 Å². The van der Waals surface area contributed by atoms with E-state index in [1.54, 1.807) is 6.07 Å². The fraction of sp³-hybridized carbons (Fsp3) is 0.455. The van der Waals surface area contributed by atoms with Gasteiger partial charge in [-0.1, -0.05) is 13.8 Å².